The molecule has 0 saturated heterocycles. The van der Waals surface area contributed by atoms with E-state index < -0.39 is 44.7 Å². The Hall–Kier alpha value is -1.31. The summed E-state index contributed by atoms with van der Waals surface area (Å²) in [7, 11) is -1.72. The molecule has 8 heteroatoms. The fraction of sp³-hybridized carbons (Fsp3) is 0.417. The number of nitrogens with zero attached hydrogens (tertiary/aromatic N) is 1. The smallest absolute Gasteiger partial charge is 0.234 e. The minimum atomic E-state index is -4.98. The van der Waals surface area contributed by atoms with Gasteiger partial charge in [-0.1, -0.05) is 0 Å². The van der Waals surface area contributed by atoms with Crippen LogP contribution in [0.15, 0.2) is 16.5 Å². The van der Waals surface area contributed by atoms with Gasteiger partial charge in [-0.3, -0.25) is 0 Å². The van der Waals surface area contributed by atoms with Gasteiger partial charge >= 0.3 is 6.18 Å². The van der Waals surface area contributed by atoms with Crippen LogP contribution >= 0.6 is 0 Å². The van der Waals surface area contributed by atoms with Gasteiger partial charge in [0.2, 0.25) is 0 Å². The van der Waals surface area contributed by atoms with Crippen LogP contribution in [0.25, 0.3) is 0 Å². The molecule has 0 aliphatic heterocycles. The van der Waals surface area contributed by atoms with E-state index in [0.717, 1.165) is 6.21 Å². The lowest BCUT2D eigenvalue weighted by atomic mass is 10.1. The molecule has 2 nitrogen and oxygen atoms in total. The zero-order chi connectivity index (χ0) is 15.7. The first-order chi connectivity index (χ1) is 8.93. The maximum Gasteiger partial charge on any atom is 0.419 e. The Bertz CT molecular complexity index is 560. The first-order valence-corrected chi connectivity index (χ1v) is 6.56. The third-order valence-electron chi connectivity index (χ3n) is 2.20. The fourth-order valence-corrected chi connectivity index (χ4v) is 1.67. The van der Waals surface area contributed by atoms with E-state index in [2.05, 4.69) is 4.40 Å². The molecule has 1 aromatic carbocycles. The first-order valence-electron chi connectivity index (χ1n) is 5.45. The van der Waals surface area contributed by atoms with Crippen LogP contribution in [0.2, 0.25) is 0 Å². The maximum atomic E-state index is 13.5. The monoisotopic (exact) mass is 313 g/mol. The summed E-state index contributed by atoms with van der Waals surface area (Å²) in [5.41, 5.74) is -2.18. The van der Waals surface area contributed by atoms with Crippen LogP contribution < -0.4 is 0 Å². The molecule has 0 N–H and O–H groups in total. The van der Waals surface area contributed by atoms with Crippen LogP contribution in [0.1, 0.15) is 31.9 Å². The topological polar surface area (TPSA) is 29.4 Å². The summed E-state index contributed by atoms with van der Waals surface area (Å²) in [4.78, 5) is 0. The quantitative estimate of drug-likeness (QED) is 0.602. The molecule has 1 aromatic rings. The highest BCUT2D eigenvalue weighted by Crippen LogP contribution is 2.32. The van der Waals surface area contributed by atoms with Crippen molar-refractivity contribution in [2.75, 3.05) is 0 Å². The lowest BCUT2D eigenvalue weighted by Gasteiger charge is -2.13. The molecule has 0 bridgehead atoms. The number of hydrogen-bond acceptors (Lipinski definition) is 1. The summed E-state index contributed by atoms with van der Waals surface area (Å²) in [5, 5.41) is 0. The van der Waals surface area contributed by atoms with Gasteiger partial charge in [0.25, 0.3) is 0 Å². The molecule has 0 radical (unpaired) electrons. The Kier molecular flexibility index (Phi) is 4.68. The SMILES string of the molecule is CC(C)(C)[S@](=O)/N=C/c1cc(F)c(C(F)(F)F)cc1F. The zero-order valence-corrected chi connectivity index (χ0v) is 11.7. The van der Waals surface area contributed by atoms with Gasteiger partial charge in [-0.25, -0.2) is 13.0 Å². The van der Waals surface area contributed by atoms with Gasteiger partial charge in [0, 0.05) is 11.8 Å². The van der Waals surface area contributed by atoms with E-state index in [4.69, 9.17) is 0 Å². The number of rotatable bonds is 2. The molecule has 112 valence electrons. The van der Waals surface area contributed by atoms with Gasteiger partial charge in [-0.15, -0.1) is 0 Å². The maximum absolute atomic E-state index is 13.5. The highest BCUT2D eigenvalue weighted by atomic mass is 32.2. The number of hydrogen-bond donors (Lipinski definition) is 0. The number of alkyl halides is 3. The second-order valence-corrected chi connectivity index (χ2v) is 6.88. The summed E-state index contributed by atoms with van der Waals surface area (Å²) in [6.45, 7) is 4.85. The summed E-state index contributed by atoms with van der Waals surface area (Å²) >= 11 is 0. The van der Waals surface area contributed by atoms with Gasteiger partial charge in [0.15, 0.2) is 0 Å². The van der Waals surface area contributed by atoms with Gasteiger partial charge in [0.1, 0.15) is 22.6 Å². The third-order valence-corrected chi connectivity index (χ3v) is 3.55. The molecule has 0 aromatic heterocycles. The van der Waals surface area contributed by atoms with Crippen LogP contribution in [0, 0.1) is 11.6 Å². The molecular weight excluding hydrogens is 301 g/mol. The van der Waals surface area contributed by atoms with E-state index in [1.54, 1.807) is 20.8 Å². The van der Waals surface area contributed by atoms with Crippen molar-refractivity contribution in [1.82, 2.24) is 0 Å². The normalized spacial score (nSPS) is 14.8. The predicted octanol–water partition coefficient (Wildman–Crippen LogP) is 3.86. The molecule has 0 spiro atoms. The number of halogens is 5. The van der Waals surface area contributed by atoms with Gasteiger partial charge < -0.3 is 0 Å². The molecule has 20 heavy (non-hydrogen) atoms. The Morgan fingerprint density at radius 2 is 1.65 bits per heavy atom. The van der Waals surface area contributed by atoms with Gasteiger partial charge in [-0.2, -0.15) is 17.6 Å². The van der Waals surface area contributed by atoms with E-state index in [1.165, 1.54) is 0 Å². The van der Waals surface area contributed by atoms with Crippen LogP contribution in [0.3, 0.4) is 0 Å². The van der Waals surface area contributed by atoms with Crippen molar-refractivity contribution in [3.63, 3.8) is 0 Å². The van der Waals surface area contributed by atoms with Crippen molar-refractivity contribution >= 4 is 17.2 Å². The standard InChI is InChI=1S/C12H12F5NOS/c1-11(2,3)20(19)18-6-7-4-10(14)8(5-9(7)13)12(15,16)17/h4-6H,1-3H3/b18-6+/t20-/m0/s1. The average Bonchev–Trinajstić information content (AvgIpc) is 2.26. The van der Waals surface area contributed by atoms with E-state index in [1.807, 2.05) is 0 Å². The third kappa shape index (κ3) is 4.09. The molecule has 1 atom stereocenters. The van der Waals surface area contributed by atoms with E-state index >= 15 is 0 Å². The fourth-order valence-electron chi connectivity index (χ4n) is 1.14. The van der Waals surface area contributed by atoms with Crippen molar-refractivity contribution < 1.29 is 26.2 Å². The molecule has 0 unspecified atom stereocenters. The highest BCUT2D eigenvalue weighted by molar-refractivity contribution is 7.85. The molecule has 0 aliphatic carbocycles. The van der Waals surface area contributed by atoms with E-state index in [9.17, 15) is 26.2 Å². The van der Waals surface area contributed by atoms with Crippen LogP contribution in [0.4, 0.5) is 22.0 Å². The summed E-state index contributed by atoms with van der Waals surface area (Å²) < 4.78 is 78.1. The predicted molar refractivity (Wildman–Crippen MR) is 66.8 cm³/mol. The Balaban J connectivity index is 3.15. The lowest BCUT2D eigenvalue weighted by molar-refractivity contribution is -0.140. The highest BCUT2D eigenvalue weighted by Gasteiger charge is 2.35. The molecular formula is C12H12F5NOS. The van der Waals surface area contributed by atoms with Gasteiger partial charge in [-0.05, 0) is 32.9 Å². The first kappa shape index (κ1) is 16.7. The lowest BCUT2D eigenvalue weighted by Crippen LogP contribution is -2.19. The molecule has 0 fully saturated rings. The average molecular weight is 313 g/mol. The molecule has 0 saturated carbocycles. The van der Waals surface area contributed by atoms with Crippen molar-refractivity contribution in [1.29, 1.82) is 0 Å². The summed E-state index contributed by atoms with van der Waals surface area (Å²) in [6, 6.07) is 0.429. The van der Waals surface area contributed by atoms with Crippen LogP contribution in [0.5, 0.6) is 0 Å². The van der Waals surface area contributed by atoms with Crippen LogP contribution in [-0.4, -0.2) is 15.2 Å². The second kappa shape index (κ2) is 5.59. The molecule has 0 heterocycles. The van der Waals surface area contributed by atoms with E-state index in [0.29, 0.717) is 6.07 Å². The van der Waals surface area contributed by atoms with Crippen LogP contribution in [-0.2, 0) is 17.2 Å². The second-order valence-electron chi connectivity index (χ2n) is 4.95. The minimum absolute atomic E-state index is 0.0523. The van der Waals surface area contributed by atoms with Gasteiger partial charge in [0.05, 0.1) is 10.3 Å². The Morgan fingerprint density at radius 1 is 1.10 bits per heavy atom. The summed E-state index contributed by atoms with van der Waals surface area (Å²) in [5.74, 6) is -2.89. The largest absolute Gasteiger partial charge is 0.419 e. The minimum Gasteiger partial charge on any atom is -0.234 e. The molecule has 0 amide bonds. The van der Waals surface area contributed by atoms with Crippen molar-refractivity contribution in [2.24, 2.45) is 4.40 Å². The number of benzene rings is 1. The van der Waals surface area contributed by atoms with Crippen molar-refractivity contribution in [2.45, 2.75) is 31.7 Å². The summed E-state index contributed by atoms with van der Waals surface area (Å²) in [6.07, 6.45) is -4.21. The molecule has 0 aliphatic rings. The van der Waals surface area contributed by atoms with Crippen molar-refractivity contribution in [3.8, 4) is 0 Å². The van der Waals surface area contributed by atoms with Crippen molar-refractivity contribution in [3.05, 3.63) is 34.9 Å². The Labute approximate surface area is 115 Å². The molecule has 1 rings (SSSR count). The zero-order valence-electron chi connectivity index (χ0n) is 10.9. The Morgan fingerprint density at radius 3 is 2.10 bits per heavy atom. The van der Waals surface area contributed by atoms with E-state index in [-0.39, 0.29) is 6.07 Å².